The molecular formula is C28H31Cl2N3O5. The third-order valence-electron chi connectivity index (χ3n) is 6.72. The highest BCUT2D eigenvalue weighted by molar-refractivity contribution is 6.42. The van der Waals surface area contributed by atoms with Crippen molar-refractivity contribution < 1.29 is 19.4 Å². The average Bonchev–Trinajstić information content (AvgIpc) is 2.90. The van der Waals surface area contributed by atoms with E-state index in [2.05, 4.69) is 9.88 Å². The van der Waals surface area contributed by atoms with E-state index in [1.54, 1.807) is 17.0 Å². The minimum Gasteiger partial charge on any atom is -0.506 e. The number of hydrogen-bond donors (Lipinski definition) is 2. The summed E-state index contributed by atoms with van der Waals surface area (Å²) in [7, 11) is 1.53. The smallest absolute Gasteiger partial charge is 0.264 e. The molecule has 2 N–H and O–H groups in total. The number of carbonyl (C=O) groups excluding carboxylic acids is 1. The van der Waals surface area contributed by atoms with Gasteiger partial charge >= 0.3 is 0 Å². The second-order valence-electron chi connectivity index (χ2n) is 9.10. The lowest BCUT2D eigenvalue weighted by atomic mass is 9.95. The van der Waals surface area contributed by atoms with Crippen molar-refractivity contribution in [3.8, 4) is 22.6 Å². The molecule has 1 amide bonds. The van der Waals surface area contributed by atoms with E-state index >= 15 is 0 Å². The standard InChI is InChI=1S/C28H31Cl2N3O5/c1-4-38-16-20-23(22-17(2)7-5-10-21(22)37-3)26(34)24(27(35)31-20)28(36)33-13-11-32(12-14-33)15-18-8-6-9-19(29)25(18)30/h5-10H,4,11-16H2,1-3H3,(H2,31,34,35). The van der Waals surface area contributed by atoms with Crippen LogP contribution in [0.3, 0.4) is 0 Å². The summed E-state index contributed by atoms with van der Waals surface area (Å²) in [5.74, 6) is -0.396. The highest BCUT2D eigenvalue weighted by Crippen LogP contribution is 2.41. The first-order valence-electron chi connectivity index (χ1n) is 12.4. The van der Waals surface area contributed by atoms with Crippen molar-refractivity contribution in [2.45, 2.75) is 27.0 Å². The van der Waals surface area contributed by atoms with Crippen molar-refractivity contribution in [2.75, 3.05) is 39.9 Å². The van der Waals surface area contributed by atoms with Crippen LogP contribution in [-0.4, -0.2) is 65.7 Å². The summed E-state index contributed by atoms with van der Waals surface area (Å²) in [4.78, 5) is 33.2. The van der Waals surface area contributed by atoms with Crippen molar-refractivity contribution in [3.63, 3.8) is 0 Å². The molecular weight excluding hydrogens is 529 g/mol. The second kappa shape index (κ2) is 12.2. The van der Waals surface area contributed by atoms with Crippen LogP contribution in [0.5, 0.6) is 11.5 Å². The number of ether oxygens (including phenoxy) is 2. The molecule has 0 saturated carbocycles. The van der Waals surface area contributed by atoms with Gasteiger partial charge in [-0.15, -0.1) is 0 Å². The summed E-state index contributed by atoms with van der Waals surface area (Å²) in [6, 6.07) is 11.0. The number of carbonyl (C=O) groups is 1. The first-order valence-corrected chi connectivity index (χ1v) is 13.2. The number of piperazine rings is 1. The van der Waals surface area contributed by atoms with Gasteiger partial charge in [-0.2, -0.15) is 0 Å². The number of aromatic nitrogens is 1. The average molecular weight is 560 g/mol. The van der Waals surface area contributed by atoms with Gasteiger partial charge in [0.05, 0.1) is 35.0 Å². The predicted molar refractivity (Wildman–Crippen MR) is 148 cm³/mol. The molecule has 38 heavy (non-hydrogen) atoms. The van der Waals surface area contributed by atoms with Crippen molar-refractivity contribution >= 4 is 29.1 Å². The van der Waals surface area contributed by atoms with Gasteiger partial charge in [-0.25, -0.2) is 0 Å². The summed E-state index contributed by atoms with van der Waals surface area (Å²) >= 11 is 12.5. The lowest BCUT2D eigenvalue weighted by Crippen LogP contribution is -2.49. The number of aryl methyl sites for hydroxylation is 1. The maximum absolute atomic E-state index is 13.6. The van der Waals surface area contributed by atoms with Crippen LogP contribution in [0.25, 0.3) is 11.1 Å². The summed E-state index contributed by atoms with van der Waals surface area (Å²) < 4.78 is 11.1. The predicted octanol–water partition coefficient (Wildman–Crippen LogP) is 4.87. The largest absolute Gasteiger partial charge is 0.506 e. The molecule has 0 unspecified atom stereocenters. The summed E-state index contributed by atoms with van der Waals surface area (Å²) in [6.45, 7) is 6.71. The fourth-order valence-electron chi connectivity index (χ4n) is 4.73. The molecule has 2 aromatic carbocycles. The van der Waals surface area contributed by atoms with E-state index in [0.29, 0.717) is 71.9 Å². The Morgan fingerprint density at radius 2 is 1.79 bits per heavy atom. The molecule has 202 valence electrons. The Balaban J connectivity index is 1.64. The molecule has 0 aliphatic carbocycles. The molecule has 1 fully saturated rings. The van der Waals surface area contributed by atoms with E-state index in [9.17, 15) is 14.7 Å². The number of methoxy groups -OCH3 is 1. The van der Waals surface area contributed by atoms with Crippen molar-refractivity contribution in [3.05, 3.63) is 79.2 Å². The van der Waals surface area contributed by atoms with Crippen LogP contribution in [0.4, 0.5) is 0 Å². The van der Waals surface area contributed by atoms with Crippen LogP contribution >= 0.6 is 23.2 Å². The number of hydrogen-bond acceptors (Lipinski definition) is 6. The highest BCUT2D eigenvalue weighted by Gasteiger charge is 2.30. The number of aromatic hydroxyl groups is 1. The van der Waals surface area contributed by atoms with Gasteiger partial charge in [0.1, 0.15) is 17.1 Å². The van der Waals surface area contributed by atoms with Crippen LogP contribution in [0, 0.1) is 6.92 Å². The number of rotatable bonds is 8. The zero-order valence-corrected chi connectivity index (χ0v) is 23.2. The molecule has 1 aromatic heterocycles. The zero-order chi connectivity index (χ0) is 27.4. The van der Waals surface area contributed by atoms with Gasteiger partial charge in [-0.1, -0.05) is 47.5 Å². The Hall–Kier alpha value is -3.04. The Morgan fingerprint density at radius 1 is 1.08 bits per heavy atom. The van der Waals surface area contributed by atoms with Gasteiger partial charge in [0, 0.05) is 44.9 Å². The minimum absolute atomic E-state index is 0.0608. The van der Waals surface area contributed by atoms with Gasteiger partial charge in [0.2, 0.25) is 0 Å². The lowest BCUT2D eigenvalue weighted by molar-refractivity contribution is 0.0623. The zero-order valence-electron chi connectivity index (χ0n) is 21.6. The van der Waals surface area contributed by atoms with Crippen molar-refractivity contribution in [2.24, 2.45) is 0 Å². The summed E-state index contributed by atoms with van der Waals surface area (Å²) in [6.07, 6.45) is 0. The molecule has 1 aliphatic heterocycles. The quantitative estimate of drug-likeness (QED) is 0.409. The molecule has 0 bridgehead atoms. The van der Waals surface area contributed by atoms with Crippen LogP contribution < -0.4 is 10.3 Å². The minimum atomic E-state index is -0.661. The third-order valence-corrected chi connectivity index (χ3v) is 7.58. The van der Waals surface area contributed by atoms with E-state index in [1.807, 2.05) is 38.1 Å². The fraction of sp³-hybridized carbons (Fsp3) is 0.357. The Kier molecular flexibility index (Phi) is 8.99. The number of pyridine rings is 1. The normalized spacial score (nSPS) is 14.1. The van der Waals surface area contributed by atoms with Gasteiger partial charge in [-0.05, 0) is 37.1 Å². The van der Waals surface area contributed by atoms with E-state index in [0.717, 1.165) is 11.1 Å². The number of amides is 1. The maximum Gasteiger partial charge on any atom is 0.264 e. The first-order chi connectivity index (χ1) is 18.3. The van der Waals surface area contributed by atoms with Crippen LogP contribution in [0.15, 0.2) is 41.2 Å². The van der Waals surface area contributed by atoms with Crippen LogP contribution in [-0.2, 0) is 17.9 Å². The molecule has 1 saturated heterocycles. The monoisotopic (exact) mass is 559 g/mol. The SMILES string of the molecule is CCOCc1[nH]c(=O)c(C(=O)N2CCN(Cc3cccc(Cl)c3Cl)CC2)c(O)c1-c1c(C)cccc1OC. The van der Waals surface area contributed by atoms with E-state index in [4.69, 9.17) is 32.7 Å². The topological polar surface area (TPSA) is 95.1 Å². The molecule has 3 aromatic rings. The number of nitrogens with one attached hydrogen (secondary N) is 1. The number of halogens is 2. The van der Waals surface area contributed by atoms with E-state index in [1.165, 1.54) is 7.11 Å². The summed E-state index contributed by atoms with van der Waals surface area (Å²) in [5.41, 5.74) is 2.07. The van der Waals surface area contributed by atoms with Crippen LogP contribution in [0.1, 0.15) is 34.1 Å². The number of nitrogens with zero attached hydrogens (tertiary/aromatic N) is 2. The van der Waals surface area contributed by atoms with Gasteiger partial charge in [0.15, 0.2) is 0 Å². The fourth-order valence-corrected chi connectivity index (χ4v) is 5.11. The number of H-pyrrole nitrogens is 1. The van der Waals surface area contributed by atoms with Gasteiger partial charge in [0.25, 0.3) is 11.5 Å². The molecule has 4 rings (SSSR count). The molecule has 0 spiro atoms. The van der Waals surface area contributed by atoms with Crippen molar-refractivity contribution in [1.82, 2.24) is 14.8 Å². The Bertz CT molecular complexity index is 1380. The maximum atomic E-state index is 13.6. The highest BCUT2D eigenvalue weighted by atomic mass is 35.5. The Labute approximate surface area is 231 Å². The second-order valence-corrected chi connectivity index (χ2v) is 9.89. The first kappa shape index (κ1) is 28.0. The number of benzene rings is 2. The Morgan fingerprint density at radius 3 is 2.47 bits per heavy atom. The van der Waals surface area contributed by atoms with Crippen LogP contribution in [0.2, 0.25) is 10.0 Å². The summed E-state index contributed by atoms with van der Waals surface area (Å²) in [5, 5.41) is 12.5. The van der Waals surface area contributed by atoms with Gasteiger partial charge in [-0.3, -0.25) is 14.5 Å². The number of aromatic amines is 1. The van der Waals surface area contributed by atoms with E-state index < -0.39 is 11.5 Å². The molecule has 8 nitrogen and oxygen atoms in total. The molecule has 1 aliphatic rings. The lowest BCUT2D eigenvalue weighted by Gasteiger charge is -2.35. The van der Waals surface area contributed by atoms with Crippen molar-refractivity contribution in [1.29, 1.82) is 0 Å². The third kappa shape index (κ3) is 5.68. The van der Waals surface area contributed by atoms with Gasteiger partial charge < -0.3 is 24.5 Å². The molecule has 2 heterocycles. The molecule has 0 radical (unpaired) electrons. The molecule has 0 atom stereocenters. The van der Waals surface area contributed by atoms with E-state index in [-0.39, 0.29) is 17.9 Å². The molecule has 10 heteroatoms.